The highest BCUT2D eigenvalue weighted by atomic mass is 16.4. The number of aliphatic carboxylic acids is 1. The lowest BCUT2D eigenvalue weighted by atomic mass is 10.0. The SMILES string of the molecule is O=C(O)C[C@@H](NC(=O)c1ccc(=O)n(Cc2ccccc2)n1)c1ccccc1. The Bertz CT molecular complexity index is 1020. The first-order valence-electron chi connectivity index (χ1n) is 8.72. The fourth-order valence-electron chi connectivity index (χ4n) is 2.78. The summed E-state index contributed by atoms with van der Waals surface area (Å²) in [6.45, 7) is 0.234. The third-order valence-electron chi connectivity index (χ3n) is 4.16. The topological polar surface area (TPSA) is 101 Å². The summed E-state index contributed by atoms with van der Waals surface area (Å²) in [5.41, 5.74) is 1.27. The van der Waals surface area contributed by atoms with Crippen molar-refractivity contribution in [3.8, 4) is 0 Å². The van der Waals surface area contributed by atoms with Crippen LogP contribution < -0.4 is 10.9 Å². The van der Waals surface area contributed by atoms with Crippen molar-refractivity contribution in [2.75, 3.05) is 0 Å². The van der Waals surface area contributed by atoms with Gasteiger partial charge in [-0.3, -0.25) is 14.4 Å². The zero-order valence-corrected chi connectivity index (χ0v) is 15.0. The molecule has 0 radical (unpaired) electrons. The lowest BCUT2D eigenvalue weighted by Gasteiger charge is -2.17. The number of carboxylic acid groups (broad SMARTS) is 1. The van der Waals surface area contributed by atoms with Gasteiger partial charge in [-0.05, 0) is 17.2 Å². The molecule has 0 aliphatic heterocycles. The molecule has 0 saturated heterocycles. The van der Waals surface area contributed by atoms with E-state index in [4.69, 9.17) is 5.11 Å². The molecule has 0 saturated carbocycles. The Balaban J connectivity index is 1.82. The smallest absolute Gasteiger partial charge is 0.305 e. The Morgan fingerprint density at radius 2 is 1.61 bits per heavy atom. The van der Waals surface area contributed by atoms with Crippen molar-refractivity contribution in [3.63, 3.8) is 0 Å². The number of hydrogen-bond donors (Lipinski definition) is 2. The molecule has 0 bridgehead atoms. The molecule has 1 heterocycles. The highest BCUT2D eigenvalue weighted by molar-refractivity contribution is 5.92. The largest absolute Gasteiger partial charge is 0.481 e. The molecule has 0 aliphatic carbocycles. The van der Waals surface area contributed by atoms with Crippen LogP contribution in [0, 0.1) is 0 Å². The molecule has 142 valence electrons. The number of hydrogen-bond acceptors (Lipinski definition) is 4. The molecule has 0 spiro atoms. The molecule has 7 heteroatoms. The van der Waals surface area contributed by atoms with Gasteiger partial charge in [0.25, 0.3) is 11.5 Å². The van der Waals surface area contributed by atoms with Crippen LogP contribution in [0.2, 0.25) is 0 Å². The number of carbonyl (C=O) groups excluding carboxylic acids is 1. The molecule has 3 aromatic rings. The van der Waals surface area contributed by atoms with E-state index in [1.54, 1.807) is 24.3 Å². The Morgan fingerprint density at radius 1 is 0.964 bits per heavy atom. The van der Waals surface area contributed by atoms with Gasteiger partial charge in [0.05, 0.1) is 19.0 Å². The van der Waals surface area contributed by atoms with Crippen molar-refractivity contribution in [2.24, 2.45) is 0 Å². The quantitative estimate of drug-likeness (QED) is 0.658. The first kappa shape index (κ1) is 19.0. The predicted octanol–water partition coefficient (Wildman–Crippen LogP) is 2.24. The van der Waals surface area contributed by atoms with Crippen LogP contribution >= 0.6 is 0 Å². The molecule has 2 aromatic carbocycles. The lowest BCUT2D eigenvalue weighted by Crippen LogP contribution is -2.33. The first-order valence-corrected chi connectivity index (χ1v) is 8.72. The highest BCUT2D eigenvalue weighted by Gasteiger charge is 2.20. The maximum absolute atomic E-state index is 12.6. The van der Waals surface area contributed by atoms with Crippen molar-refractivity contribution in [2.45, 2.75) is 19.0 Å². The van der Waals surface area contributed by atoms with E-state index in [-0.39, 0.29) is 24.2 Å². The Kier molecular flexibility index (Phi) is 5.96. The van der Waals surface area contributed by atoms with Crippen molar-refractivity contribution in [3.05, 3.63) is 100.0 Å². The number of nitrogens with zero attached hydrogens (tertiary/aromatic N) is 2. The minimum Gasteiger partial charge on any atom is -0.481 e. The fourth-order valence-corrected chi connectivity index (χ4v) is 2.78. The number of rotatable bonds is 7. The number of nitrogens with one attached hydrogen (secondary N) is 1. The predicted molar refractivity (Wildman–Crippen MR) is 103 cm³/mol. The second-order valence-electron chi connectivity index (χ2n) is 6.23. The van der Waals surface area contributed by atoms with Crippen LogP contribution in [-0.2, 0) is 11.3 Å². The summed E-state index contributed by atoms with van der Waals surface area (Å²) < 4.78 is 1.21. The van der Waals surface area contributed by atoms with Crippen LogP contribution in [0.4, 0.5) is 0 Å². The van der Waals surface area contributed by atoms with Crippen LogP contribution in [0.5, 0.6) is 0 Å². The molecule has 0 fully saturated rings. The molecule has 3 rings (SSSR count). The Labute approximate surface area is 161 Å². The summed E-state index contributed by atoms with van der Waals surface area (Å²) in [5.74, 6) is -1.58. The average molecular weight is 377 g/mol. The highest BCUT2D eigenvalue weighted by Crippen LogP contribution is 2.17. The van der Waals surface area contributed by atoms with E-state index in [0.29, 0.717) is 5.56 Å². The zero-order chi connectivity index (χ0) is 19.9. The number of carboxylic acids is 1. The Hall–Kier alpha value is -3.74. The van der Waals surface area contributed by atoms with Crippen LogP contribution in [0.25, 0.3) is 0 Å². The van der Waals surface area contributed by atoms with E-state index >= 15 is 0 Å². The van der Waals surface area contributed by atoms with Crippen LogP contribution in [0.3, 0.4) is 0 Å². The van der Waals surface area contributed by atoms with E-state index in [0.717, 1.165) is 5.56 Å². The number of carbonyl (C=O) groups is 2. The number of benzene rings is 2. The maximum Gasteiger partial charge on any atom is 0.305 e. The molecule has 1 aromatic heterocycles. The van der Waals surface area contributed by atoms with Crippen LogP contribution in [0.1, 0.15) is 34.1 Å². The summed E-state index contributed by atoms with van der Waals surface area (Å²) in [5, 5.41) is 16.0. The van der Waals surface area contributed by atoms with Gasteiger partial charge in [0, 0.05) is 6.07 Å². The van der Waals surface area contributed by atoms with Gasteiger partial charge in [-0.2, -0.15) is 5.10 Å². The average Bonchev–Trinajstić information content (AvgIpc) is 2.70. The molecule has 0 aliphatic rings. The van der Waals surface area contributed by atoms with Crippen LogP contribution in [0.15, 0.2) is 77.6 Å². The normalized spacial score (nSPS) is 11.6. The molecule has 1 atom stereocenters. The zero-order valence-electron chi connectivity index (χ0n) is 15.0. The molecule has 0 unspecified atom stereocenters. The van der Waals surface area contributed by atoms with Crippen molar-refractivity contribution in [1.82, 2.24) is 15.1 Å². The standard InChI is InChI=1S/C21H19N3O4/c25-19-12-11-17(23-24(19)14-15-7-3-1-4-8-15)21(28)22-18(13-20(26)27)16-9-5-2-6-10-16/h1-12,18H,13-14H2,(H,22,28)(H,26,27)/t18-/m1/s1. The first-order chi connectivity index (χ1) is 13.5. The summed E-state index contributed by atoms with van der Waals surface area (Å²) in [6, 6.07) is 20.1. The Morgan fingerprint density at radius 3 is 2.25 bits per heavy atom. The van der Waals surface area contributed by atoms with E-state index < -0.39 is 17.9 Å². The monoisotopic (exact) mass is 377 g/mol. The lowest BCUT2D eigenvalue weighted by molar-refractivity contribution is -0.137. The summed E-state index contributed by atoms with van der Waals surface area (Å²) in [6.07, 6.45) is -0.264. The van der Waals surface area contributed by atoms with E-state index in [9.17, 15) is 14.4 Å². The van der Waals surface area contributed by atoms with Gasteiger partial charge in [-0.15, -0.1) is 0 Å². The molecular formula is C21H19N3O4. The number of amides is 1. The van der Waals surface area contributed by atoms with Crippen molar-refractivity contribution in [1.29, 1.82) is 0 Å². The molecule has 1 amide bonds. The molecule has 28 heavy (non-hydrogen) atoms. The number of aromatic nitrogens is 2. The van der Waals surface area contributed by atoms with Gasteiger partial charge in [0.1, 0.15) is 5.69 Å². The second kappa shape index (κ2) is 8.77. The van der Waals surface area contributed by atoms with Crippen molar-refractivity contribution < 1.29 is 14.7 Å². The van der Waals surface area contributed by atoms with Crippen LogP contribution in [-0.4, -0.2) is 26.8 Å². The molecule has 2 N–H and O–H groups in total. The fraction of sp³-hybridized carbons (Fsp3) is 0.143. The van der Waals surface area contributed by atoms with Gasteiger partial charge in [-0.1, -0.05) is 60.7 Å². The minimum absolute atomic E-state index is 0.0434. The van der Waals surface area contributed by atoms with E-state index in [2.05, 4.69) is 10.4 Å². The van der Waals surface area contributed by atoms with Gasteiger partial charge >= 0.3 is 5.97 Å². The van der Waals surface area contributed by atoms with E-state index in [1.165, 1.54) is 16.8 Å². The molecular weight excluding hydrogens is 358 g/mol. The minimum atomic E-state index is -1.03. The summed E-state index contributed by atoms with van der Waals surface area (Å²) in [7, 11) is 0. The van der Waals surface area contributed by atoms with Crippen molar-refractivity contribution >= 4 is 11.9 Å². The second-order valence-corrected chi connectivity index (χ2v) is 6.23. The summed E-state index contributed by atoms with van der Waals surface area (Å²) in [4.78, 5) is 35.9. The van der Waals surface area contributed by atoms with Gasteiger partial charge in [0.15, 0.2) is 0 Å². The van der Waals surface area contributed by atoms with Gasteiger partial charge in [-0.25, -0.2) is 4.68 Å². The molecule has 7 nitrogen and oxygen atoms in total. The summed E-state index contributed by atoms with van der Waals surface area (Å²) >= 11 is 0. The van der Waals surface area contributed by atoms with Gasteiger partial charge < -0.3 is 10.4 Å². The third kappa shape index (κ3) is 4.91. The van der Waals surface area contributed by atoms with Gasteiger partial charge in [0.2, 0.25) is 0 Å². The maximum atomic E-state index is 12.6. The van der Waals surface area contributed by atoms with E-state index in [1.807, 2.05) is 36.4 Å². The third-order valence-corrected chi connectivity index (χ3v) is 4.16.